The summed E-state index contributed by atoms with van der Waals surface area (Å²) in [6, 6.07) is 29.1. The van der Waals surface area contributed by atoms with Gasteiger partial charge < -0.3 is 10.2 Å². The Kier molecular flexibility index (Phi) is 5.66. The van der Waals surface area contributed by atoms with Crippen molar-refractivity contribution in [3.8, 4) is 0 Å². The Morgan fingerprint density at radius 1 is 0.867 bits per heavy atom. The number of amides is 2. The maximum absolute atomic E-state index is 13.7. The highest BCUT2D eigenvalue weighted by Crippen LogP contribution is 2.48. The van der Waals surface area contributed by atoms with Crippen LogP contribution in [-0.2, 0) is 16.1 Å². The number of benzene rings is 3. The molecule has 30 heavy (non-hydrogen) atoms. The maximum atomic E-state index is 13.7. The van der Waals surface area contributed by atoms with E-state index in [4.69, 9.17) is 0 Å². The molecule has 1 N–H and O–H groups in total. The highest BCUT2D eigenvalue weighted by molar-refractivity contribution is 6.14. The average molecular weight is 399 g/mol. The minimum atomic E-state index is -0.979. The molecule has 1 fully saturated rings. The van der Waals surface area contributed by atoms with E-state index in [0.29, 0.717) is 19.4 Å². The first-order valence-corrected chi connectivity index (χ1v) is 10.4. The first kappa shape index (κ1) is 19.9. The van der Waals surface area contributed by atoms with Gasteiger partial charge in [0, 0.05) is 5.69 Å². The van der Waals surface area contributed by atoms with Gasteiger partial charge in [0.1, 0.15) is 5.41 Å². The van der Waals surface area contributed by atoms with Crippen molar-refractivity contribution < 1.29 is 9.59 Å². The number of para-hydroxylation sites is 1. The van der Waals surface area contributed by atoms with Crippen molar-refractivity contribution in [1.82, 2.24) is 5.32 Å². The Bertz CT molecular complexity index is 999. The van der Waals surface area contributed by atoms with Gasteiger partial charge >= 0.3 is 0 Å². The molecule has 0 radical (unpaired) electrons. The van der Waals surface area contributed by atoms with Gasteiger partial charge in [0.15, 0.2) is 0 Å². The Balaban J connectivity index is 1.56. The summed E-state index contributed by atoms with van der Waals surface area (Å²) < 4.78 is 0. The molecule has 0 saturated heterocycles. The van der Waals surface area contributed by atoms with E-state index in [1.54, 1.807) is 4.90 Å². The van der Waals surface area contributed by atoms with E-state index in [1.165, 1.54) is 0 Å². The summed E-state index contributed by atoms with van der Waals surface area (Å²) >= 11 is 0. The summed E-state index contributed by atoms with van der Waals surface area (Å²) in [5.74, 6) is -0.312. The van der Waals surface area contributed by atoms with Crippen LogP contribution in [0.2, 0.25) is 0 Å². The predicted octanol–water partition coefficient (Wildman–Crippen LogP) is 4.88. The third-order valence-electron chi connectivity index (χ3n) is 5.74. The minimum Gasteiger partial charge on any atom is -0.349 e. The zero-order chi connectivity index (χ0) is 21.0. The van der Waals surface area contributed by atoms with Crippen LogP contribution < -0.4 is 10.2 Å². The van der Waals surface area contributed by atoms with Crippen LogP contribution in [0.25, 0.3) is 0 Å². The Labute approximate surface area is 177 Å². The third kappa shape index (κ3) is 4.13. The molecule has 1 unspecified atom stereocenters. The summed E-state index contributed by atoms with van der Waals surface area (Å²) in [5, 5.41) is 3.06. The second-order valence-corrected chi connectivity index (χ2v) is 7.90. The molecule has 2 amide bonds. The smallest absolute Gasteiger partial charge is 0.242 e. The van der Waals surface area contributed by atoms with Crippen LogP contribution in [0.4, 0.5) is 5.69 Å². The molecule has 3 aromatic rings. The Hall–Kier alpha value is -3.40. The van der Waals surface area contributed by atoms with Gasteiger partial charge in [0.25, 0.3) is 0 Å². The number of anilines is 1. The Morgan fingerprint density at radius 3 is 1.97 bits per heavy atom. The zero-order valence-corrected chi connectivity index (χ0v) is 17.1. The van der Waals surface area contributed by atoms with Crippen molar-refractivity contribution in [2.75, 3.05) is 4.90 Å². The second kappa shape index (κ2) is 8.54. The van der Waals surface area contributed by atoms with E-state index in [1.807, 2.05) is 97.9 Å². The maximum Gasteiger partial charge on any atom is 0.242 e. The average Bonchev–Trinajstić information content (AvgIpc) is 3.61. The third-order valence-corrected chi connectivity index (χ3v) is 5.74. The molecular formula is C26H26N2O2. The molecular weight excluding hydrogens is 372 g/mol. The van der Waals surface area contributed by atoms with E-state index >= 15 is 0 Å². The molecule has 1 atom stereocenters. The minimum absolute atomic E-state index is 0.129. The van der Waals surface area contributed by atoms with Crippen LogP contribution in [0.1, 0.15) is 36.9 Å². The number of hydrogen-bond donors (Lipinski definition) is 1. The summed E-state index contributed by atoms with van der Waals surface area (Å²) in [6.45, 7) is 2.39. The van der Waals surface area contributed by atoms with Gasteiger partial charge in [0.2, 0.25) is 11.8 Å². The van der Waals surface area contributed by atoms with Crippen LogP contribution in [0.5, 0.6) is 0 Å². The molecule has 4 nitrogen and oxygen atoms in total. The number of nitrogens with one attached hydrogen (secondary N) is 1. The molecule has 4 rings (SSSR count). The molecule has 0 heterocycles. The number of rotatable bonds is 7. The second-order valence-electron chi connectivity index (χ2n) is 7.90. The highest BCUT2D eigenvalue weighted by atomic mass is 16.2. The molecule has 152 valence electrons. The standard InChI is InChI=1S/C26H26N2O2/c1-20(22-13-7-3-8-14-22)27-24(29)26(17-18-26)25(30)28(23-15-9-4-10-16-23)19-21-11-5-2-6-12-21/h2-16,20H,17-19H2,1H3,(H,27,29). The van der Waals surface area contributed by atoms with Crippen molar-refractivity contribution >= 4 is 17.5 Å². The number of carbonyl (C=O) groups is 2. The van der Waals surface area contributed by atoms with Crippen LogP contribution in [-0.4, -0.2) is 11.8 Å². The summed E-state index contributed by atoms with van der Waals surface area (Å²) in [6.07, 6.45) is 1.16. The predicted molar refractivity (Wildman–Crippen MR) is 119 cm³/mol. The van der Waals surface area contributed by atoms with E-state index in [2.05, 4.69) is 5.32 Å². The molecule has 0 spiro atoms. The van der Waals surface area contributed by atoms with Crippen molar-refractivity contribution in [2.45, 2.75) is 32.4 Å². The lowest BCUT2D eigenvalue weighted by molar-refractivity contribution is -0.136. The number of carbonyl (C=O) groups excluding carboxylic acids is 2. The van der Waals surface area contributed by atoms with E-state index < -0.39 is 5.41 Å². The highest BCUT2D eigenvalue weighted by Gasteiger charge is 2.58. The zero-order valence-electron chi connectivity index (χ0n) is 17.1. The van der Waals surface area contributed by atoms with Gasteiger partial charge in [-0.3, -0.25) is 9.59 Å². The number of hydrogen-bond acceptors (Lipinski definition) is 2. The quantitative estimate of drug-likeness (QED) is 0.577. The molecule has 0 aliphatic heterocycles. The number of nitrogens with zero attached hydrogens (tertiary/aromatic N) is 1. The van der Waals surface area contributed by atoms with E-state index in [-0.39, 0.29) is 17.9 Å². The van der Waals surface area contributed by atoms with Gasteiger partial charge in [-0.25, -0.2) is 0 Å². The van der Waals surface area contributed by atoms with Gasteiger partial charge in [-0.05, 0) is 43.0 Å². The summed E-state index contributed by atoms with van der Waals surface area (Å²) in [4.78, 5) is 28.6. The van der Waals surface area contributed by atoms with E-state index in [9.17, 15) is 9.59 Å². The molecule has 0 aromatic heterocycles. The molecule has 1 aliphatic carbocycles. The van der Waals surface area contributed by atoms with Crippen molar-refractivity contribution in [3.05, 3.63) is 102 Å². The molecule has 4 heteroatoms. The molecule has 1 aliphatic rings. The van der Waals surface area contributed by atoms with Gasteiger partial charge in [-0.15, -0.1) is 0 Å². The first-order valence-electron chi connectivity index (χ1n) is 10.4. The first-order chi connectivity index (χ1) is 14.6. The SMILES string of the molecule is CC(NC(=O)C1(C(=O)N(Cc2ccccc2)c2ccccc2)CC1)c1ccccc1. The lowest BCUT2D eigenvalue weighted by Gasteiger charge is -2.28. The molecule has 1 saturated carbocycles. The van der Waals surface area contributed by atoms with Gasteiger partial charge in [0.05, 0.1) is 12.6 Å². The summed E-state index contributed by atoms with van der Waals surface area (Å²) in [7, 11) is 0. The topological polar surface area (TPSA) is 49.4 Å². The van der Waals surface area contributed by atoms with Crippen molar-refractivity contribution in [1.29, 1.82) is 0 Å². The fourth-order valence-corrected chi connectivity index (χ4v) is 3.74. The van der Waals surface area contributed by atoms with Gasteiger partial charge in [-0.2, -0.15) is 0 Å². The van der Waals surface area contributed by atoms with Crippen molar-refractivity contribution in [2.24, 2.45) is 5.41 Å². The molecule has 3 aromatic carbocycles. The fraction of sp³-hybridized carbons (Fsp3) is 0.231. The van der Waals surface area contributed by atoms with Crippen LogP contribution in [0.15, 0.2) is 91.0 Å². The molecule has 0 bridgehead atoms. The summed E-state index contributed by atoms with van der Waals surface area (Å²) in [5.41, 5.74) is 1.89. The van der Waals surface area contributed by atoms with Crippen LogP contribution in [0, 0.1) is 5.41 Å². The van der Waals surface area contributed by atoms with E-state index in [0.717, 1.165) is 16.8 Å². The Morgan fingerprint density at radius 2 is 1.40 bits per heavy atom. The lowest BCUT2D eigenvalue weighted by atomic mass is 10.0. The van der Waals surface area contributed by atoms with Crippen molar-refractivity contribution in [3.63, 3.8) is 0 Å². The van der Waals surface area contributed by atoms with Crippen LogP contribution >= 0.6 is 0 Å². The normalized spacial score (nSPS) is 15.1. The lowest BCUT2D eigenvalue weighted by Crippen LogP contribution is -2.45. The largest absolute Gasteiger partial charge is 0.349 e. The monoisotopic (exact) mass is 398 g/mol. The fourth-order valence-electron chi connectivity index (χ4n) is 3.74. The van der Waals surface area contributed by atoms with Crippen LogP contribution in [0.3, 0.4) is 0 Å². The van der Waals surface area contributed by atoms with Gasteiger partial charge in [-0.1, -0.05) is 78.9 Å².